The summed E-state index contributed by atoms with van der Waals surface area (Å²) in [6.07, 6.45) is 7.26. The van der Waals surface area contributed by atoms with E-state index in [4.69, 9.17) is 16.3 Å². The molecule has 1 atom stereocenters. The van der Waals surface area contributed by atoms with Crippen molar-refractivity contribution in [2.45, 2.75) is 64.0 Å². The van der Waals surface area contributed by atoms with Crippen LogP contribution in [-0.4, -0.2) is 42.3 Å². The van der Waals surface area contributed by atoms with E-state index in [0.717, 1.165) is 44.1 Å². The maximum Gasteiger partial charge on any atom is 0.247 e. The highest BCUT2D eigenvalue weighted by Crippen LogP contribution is 2.26. The number of hydrogen-bond donors (Lipinski definition) is 1. The van der Waals surface area contributed by atoms with Crippen LogP contribution in [0.15, 0.2) is 24.3 Å². The Morgan fingerprint density at radius 2 is 1.89 bits per heavy atom. The predicted molar refractivity (Wildman–Crippen MR) is 108 cm³/mol. The quantitative estimate of drug-likeness (QED) is 0.642. The number of carbonyl (C=O) groups excluding carboxylic acids is 2. The van der Waals surface area contributed by atoms with Gasteiger partial charge in [0.2, 0.25) is 11.8 Å². The van der Waals surface area contributed by atoms with Crippen LogP contribution in [0.2, 0.25) is 0 Å². The molecule has 1 aromatic carbocycles. The fourth-order valence-electron chi connectivity index (χ4n) is 3.59. The second-order valence-electron chi connectivity index (χ2n) is 7.09. The van der Waals surface area contributed by atoms with Crippen molar-refractivity contribution in [1.82, 2.24) is 10.2 Å². The van der Waals surface area contributed by atoms with Gasteiger partial charge in [0.1, 0.15) is 17.7 Å². The molecule has 0 bridgehead atoms. The summed E-state index contributed by atoms with van der Waals surface area (Å²) < 4.78 is 5.22. The zero-order valence-electron chi connectivity index (χ0n) is 16.4. The Kier molecular flexibility index (Phi) is 8.92. The van der Waals surface area contributed by atoms with Crippen molar-refractivity contribution in [3.8, 4) is 5.75 Å². The molecule has 0 aliphatic heterocycles. The number of carbonyl (C=O) groups is 2. The minimum Gasteiger partial charge on any atom is -0.497 e. The highest BCUT2D eigenvalue weighted by atomic mass is 35.5. The number of rotatable bonds is 9. The number of unbranched alkanes of at least 4 members (excludes halogenated alkanes) is 1. The number of ether oxygens (including phenoxy) is 1. The molecule has 2 amide bonds. The summed E-state index contributed by atoms with van der Waals surface area (Å²) in [5.41, 5.74) is 0.777. The molecule has 150 valence electrons. The molecule has 27 heavy (non-hydrogen) atoms. The summed E-state index contributed by atoms with van der Waals surface area (Å²) in [5.74, 6) is 0.243. The minimum atomic E-state index is -0.671. The van der Waals surface area contributed by atoms with Gasteiger partial charge in [0.25, 0.3) is 0 Å². The van der Waals surface area contributed by atoms with Gasteiger partial charge in [-0.15, -0.1) is 11.6 Å². The molecule has 1 N–H and O–H groups in total. The lowest BCUT2D eigenvalue weighted by Crippen LogP contribution is -2.47. The number of alkyl halides is 1. The van der Waals surface area contributed by atoms with Gasteiger partial charge in [0, 0.05) is 12.6 Å². The lowest BCUT2D eigenvalue weighted by molar-refractivity contribution is -0.139. The van der Waals surface area contributed by atoms with Gasteiger partial charge < -0.3 is 15.0 Å². The molecule has 5 nitrogen and oxygen atoms in total. The summed E-state index contributed by atoms with van der Waals surface area (Å²) in [6.45, 7) is 2.57. The molecule has 1 fully saturated rings. The average Bonchev–Trinajstić information content (AvgIpc) is 2.71. The van der Waals surface area contributed by atoms with Crippen molar-refractivity contribution < 1.29 is 14.3 Å². The van der Waals surface area contributed by atoms with E-state index in [0.29, 0.717) is 12.3 Å². The Morgan fingerprint density at radius 3 is 2.44 bits per heavy atom. The van der Waals surface area contributed by atoms with Crippen molar-refractivity contribution in [2.75, 3.05) is 19.5 Å². The van der Waals surface area contributed by atoms with Gasteiger partial charge in [-0.1, -0.05) is 44.7 Å². The van der Waals surface area contributed by atoms with Crippen LogP contribution in [0.5, 0.6) is 5.75 Å². The van der Waals surface area contributed by atoms with Crippen LogP contribution in [0.25, 0.3) is 0 Å². The fourth-order valence-corrected chi connectivity index (χ4v) is 3.74. The molecule has 1 aromatic rings. The molecular formula is C21H31ClN2O3. The molecule has 0 saturated heterocycles. The molecule has 0 spiro atoms. The van der Waals surface area contributed by atoms with E-state index in [1.807, 2.05) is 24.3 Å². The zero-order chi connectivity index (χ0) is 19.6. The van der Waals surface area contributed by atoms with Crippen molar-refractivity contribution in [1.29, 1.82) is 0 Å². The number of nitrogens with zero attached hydrogens (tertiary/aromatic N) is 1. The maximum atomic E-state index is 13.2. The predicted octanol–water partition coefficient (Wildman–Crippen LogP) is 4.05. The van der Waals surface area contributed by atoms with Crippen molar-refractivity contribution in [2.24, 2.45) is 0 Å². The van der Waals surface area contributed by atoms with Gasteiger partial charge in [0.15, 0.2) is 0 Å². The third-order valence-corrected chi connectivity index (χ3v) is 5.36. The lowest BCUT2D eigenvalue weighted by atomic mass is 9.94. The van der Waals surface area contributed by atoms with E-state index in [-0.39, 0.29) is 23.7 Å². The first-order valence-corrected chi connectivity index (χ1v) is 10.4. The molecular weight excluding hydrogens is 364 g/mol. The van der Waals surface area contributed by atoms with E-state index in [9.17, 15) is 9.59 Å². The highest BCUT2D eigenvalue weighted by molar-refractivity contribution is 6.27. The van der Waals surface area contributed by atoms with Crippen molar-refractivity contribution in [3.63, 3.8) is 0 Å². The van der Waals surface area contributed by atoms with Crippen LogP contribution in [0.1, 0.15) is 63.5 Å². The van der Waals surface area contributed by atoms with Crippen LogP contribution in [0.3, 0.4) is 0 Å². The van der Waals surface area contributed by atoms with Crippen LogP contribution in [-0.2, 0) is 9.59 Å². The van der Waals surface area contributed by atoms with Gasteiger partial charge in [0.05, 0.1) is 7.11 Å². The number of benzene rings is 1. The molecule has 0 radical (unpaired) electrons. The first-order chi connectivity index (χ1) is 13.1. The molecule has 2 rings (SSSR count). The normalized spacial score (nSPS) is 15.8. The molecule has 1 saturated carbocycles. The SMILES string of the molecule is CCCCN(C(=O)CCl)[C@@H](C(=O)NC1CCCCC1)c1ccc(OC)cc1. The number of nitrogens with one attached hydrogen (secondary N) is 1. The van der Waals surface area contributed by atoms with E-state index >= 15 is 0 Å². The fraction of sp³-hybridized carbons (Fsp3) is 0.619. The third kappa shape index (κ3) is 6.13. The molecule has 1 aliphatic carbocycles. The average molecular weight is 395 g/mol. The molecule has 6 heteroatoms. The third-order valence-electron chi connectivity index (χ3n) is 5.13. The Bertz CT molecular complexity index is 600. The number of halogens is 1. The molecule has 0 unspecified atom stereocenters. The topological polar surface area (TPSA) is 58.6 Å². The summed E-state index contributed by atoms with van der Waals surface area (Å²) in [7, 11) is 1.60. The smallest absolute Gasteiger partial charge is 0.247 e. The molecule has 0 aromatic heterocycles. The Morgan fingerprint density at radius 1 is 1.22 bits per heavy atom. The molecule has 0 heterocycles. The van der Waals surface area contributed by atoms with E-state index in [1.54, 1.807) is 12.0 Å². The maximum absolute atomic E-state index is 13.2. The summed E-state index contributed by atoms with van der Waals surface area (Å²) in [5, 5.41) is 3.17. The zero-order valence-corrected chi connectivity index (χ0v) is 17.1. The van der Waals surface area contributed by atoms with Crippen LogP contribution >= 0.6 is 11.6 Å². The van der Waals surface area contributed by atoms with E-state index < -0.39 is 6.04 Å². The summed E-state index contributed by atoms with van der Waals surface area (Å²) in [4.78, 5) is 27.4. The van der Waals surface area contributed by atoms with Crippen LogP contribution in [0.4, 0.5) is 0 Å². The highest BCUT2D eigenvalue weighted by Gasteiger charge is 2.32. The Hall–Kier alpha value is -1.75. The number of methoxy groups -OCH3 is 1. The van der Waals surface area contributed by atoms with Gasteiger partial charge in [-0.25, -0.2) is 0 Å². The molecule has 1 aliphatic rings. The first-order valence-electron chi connectivity index (χ1n) is 9.90. The van der Waals surface area contributed by atoms with Gasteiger partial charge in [-0.3, -0.25) is 9.59 Å². The van der Waals surface area contributed by atoms with Crippen LogP contribution < -0.4 is 10.1 Å². The van der Waals surface area contributed by atoms with E-state index in [2.05, 4.69) is 12.2 Å². The Labute approximate surface area is 167 Å². The summed E-state index contributed by atoms with van der Waals surface area (Å²) in [6, 6.07) is 6.86. The number of hydrogen-bond acceptors (Lipinski definition) is 3. The Balaban J connectivity index is 2.28. The van der Waals surface area contributed by atoms with Crippen molar-refractivity contribution in [3.05, 3.63) is 29.8 Å². The van der Waals surface area contributed by atoms with Gasteiger partial charge in [-0.2, -0.15) is 0 Å². The minimum absolute atomic E-state index is 0.123. The second-order valence-corrected chi connectivity index (χ2v) is 7.36. The standard InChI is InChI=1S/C21H31ClN2O3/c1-3-4-14-24(19(25)15-22)20(16-10-12-18(27-2)13-11-16)21(26)23-17-8-6-5-7-9-17/h10-13,17,20H,3-9,14-15H2,1-2H3,(H,23,26)/t20-/m1/s1. The van der Waals surface area contributed by atoms with E-state index in [1.165, 1.54) is 6.42 Å². The second kappa shape index (κ2) is 11.2. The lowest BCUT2D eigenvalue weighted by Gasteiger charge is -2.33. The van der Waals surface area contributed by atoms with Crippen molar-refractivity contribution >= 4 is 23.4 Å². The monoisotopic (exact) mass is 394 g/mol. The van der Waals surface area contributed by atoms with Gasteiger partial charge in [-0.05, 0) is 37.0 Å². The number of amides is 2. The van der Waals surface area contributed by atoms with Gasteiger partial charge >= 0.3 is 0 Å². The summed E-state index contributed by atoms with van der Waals surface area (Å²) >= 11 is 5.86. The largest absolute Gasteiger partial charge is 0.497 e. The first kappa shape index (κ1) is 21.5. The van der Waals surface area contributed by atoms with Crippen LogP contribution in [0, 0.1) is 0 Å².